The Hall–Kier alpha value is -2.25. The number of hydrogen-bond acceptors (Lipinski definition) is 3. The van der Waals surface area contributed by atoms with Gasteiger partial charge in [-0.1, -0.05) is 24.3 Å². The highest BCUT2D eigenvalue weighted by atomic mass is 32.2. The van der Waals surface area contributed by atoms with E-state index in [0.717, 1.165) is 29.3 Å². The summed E-state index contributed by atoms with van der Waals surface area (Å²) in [7, 11) is -3.64. The van der Waals surface area contributed by atoms with E-state index in [1.165, 1.54) is 0 Å². The van der Waals surface area contributed by atoms with Gasteiger partial charge in [-0.2, -0.15) is 0 Å². The maximum absolute atomic E-state index is 13.8. The lowest BCUT2D eigenvalue weighted by Gasteiger charge is -2.13. The number of carbonyl (C=O) groups is 1. The van der Waals surface area contributed by atoms with Crippen molar-refractivity contribution in [3.8, 4) is 0 Å². The molecule has 0 spiro atoms. The predicted molar refractivity (Wildman–Crippen MR) is 86.8 cm³/mol. The zero-order chi connectivity index (χ0) is 17.3. The molecule has 1 aliphatic carbocycles. The Morgan fingerprint density at radius 2 is 1.79 bits per heavy atom. The molecular formula is C17H16FNO4S. The van der Waals surface area contributed by atoms with Crippen molar-refractivity contribution in [3.05, 3.63) is 70.5 Å². The van der Waals surface area contributed by atoms with Crippen molar-refractivity contribution in [2.75, 3.05) is 0 Å². The van der Waals surface area contributed by atoms with Gasteiger partial charge in [0, 0.05) is 12.1 Å². The molecule has 0 unspecified atom stereocenters. The number of sulfonamides is 1. The summed E-state index contributed by atoms with van der Waals surface area (Å²) in [4.78, 5) is 10.9. The van der Waals surface area contributed by atoms with E-state index in [2.05, 4.69) is 4.72 Å². The number of benzene rings is 2. The number of hydrogen-bond donors (Lipinski definition) is 2. The number of rotatable bonds is 5. The van der Waals surface area contributed by atoms with Crippen LogP contribution in [0.15, 0.2) is 42.5 Å². The second-order valence-electron chi connectivity index (χ2n) is 5.78. The van der Waals surface area contributed by atoms with Gasteiger partial charge in [-0.25, -0.2) is 22.3 Å². The van der Waals surface area contributed by atoms with Crippen LogP contribution in [0.5, 0.6) is 0 Å². The van der Waals surface area contributed by atoms with Gasteiger partial charge in [0.25, 0.3) is 0 Å². The second-order valence-corrected chi connectivity index (χ2v) is 7.82. The molecule has 2 N–H and O–H groups in total. The smallest absolute Gasteiger partial charge is 0.335 e. The van der Waals surface area contributed by atoms with Gasteiger partial charge in [-0.05, 0) is 42.2 Å². The first-order chi connectivity index (χ1) is 11.4. The number of aromatic carboxylic acids is 1. The first kappa shape index (κ1) is 16.6. The Kier molecular flexibility index (Phi) is 4.38. The average molecular weight is 349 g/mol. The summed E-state index contributed by atoms with van der Waals surface area (Å²) in [5.41, 5.74) is 1.94. The lowest BCUT2D eigenvalue weighted by Crippen LogP contribution is -2.34. The molecule has 0 amide bonds. The van der Waals surface area contributed by atoms with Crippen LogP contribution in [0.1, 0.15) is 27.0 Å². The number of nitrogens with one attached hydrogen (secondary N) is 1. The van der Waals surface area contributed by atoms with Crippen LogP contribution in [0.2, 0.25) is 0 Å². The molecule has 7 heteroatoms. The molecular weight excluding hydrogens is 333 g/mol. The molecule has 2 aromatic rings. The summed E-state index contributed by atoms with van der Waals surface area (Å²) in [5.74, 6) is -1.83. The Morgan fingerprint density at radius 1 is 1.17 bits per heavy atom. The summed E-state index contributed by atoms with van der Waals surface area (Å²) in [6.07, 6.45) is 0.840. The van der Waals surface area contributed by atoms with Gasteiger partial charge in [0.2, 0.25) is 10.0 Å². The first-order valence-electron chi connectivity index (χ1n) is 7.44. The molecule has 0 aromatic heterocycles. The van der Waals surface area contributed by atoms with Gasteiger partial charge in [0.05, 0.1) is 10.8 Å². The lowest BCUT2D eigenvalue weighted by atomic mass is 10.1. The standard InChI is InChI=1S/C17H16FNO4S/c18-16-6-5-13(17(20)21)7-14(16)10-19-24(22,23)15-8-11-3-1-2-4-12(11)9-15/h1-7,15,19H,8-10H2,(H,20,21). The van der Waals surface area contributed by atoms with Crippen molar-refractivity contribution in [3.63, 3.8) is 0 Å². The summed E-state index contributed by atoms with van der Waals surface area (Å²) < 4.78 is 41.1. The fourth-order valence-electron chi connectivity index (χ4n) is 2.88. The maximum Gasteiger partial charge on any atom is 0.335 e. The third-order valence-electron chi connectivity index (χ3n) is 4.21. The van der Waals surface area contributed by atoms with E-state index in [1.54, 1.807) is 0 Å². The maximum atomic E-state index is 13.8. The Bertz CT molecular complexity index is 870. The highest BCUT2D eigenvalue weighted by molar-refractivity contribution is 7.90. The van der Waals surface area contributed by atoms with Crippen molar-refractivity contribution in [1.82, 2.24) is 4.72 Å². The summed E-state index contributed by atoms with van der Waals surface area (Å²) in [6, 6.07) is 10.9. The third kappa shape index (κ3) is 3.32. The van der Waals surface area contributed by atoms with E-state index < -0.39 is 27.1 Å². The van der Waals surface area contributed by atoms with Gasteiger partial charge in [-0.3, -0.25) is 0 Å². The molecule has 0 aliphatic heterocycles. The van der Waals surface area contributed by atoms with Gasteiger partial charge in [-0.15, -0.1) is 0 Å². The average Bonchev–Trinajstić information content (AvgIpc) is 2.99. The normalized spacial score (nSPS) is 14.5. The highest BCUT2D eigenvalue weighted by Crippen LogP contribution is 2.26. The minimum atomic E-state index is -3.64. The summed E-state index contributed by atoms with van der Waals surface area (Å²) >= 11 is 0. The predicted octanol–water partition coefficient (Wildman–Crippen LogP) is 2.11. The van der Waals surface area contributed by atoms with E-state index >= 15 is 0 Å². The van der Waals surface area contributed by atoms with Crippen molar-refractivity contribution >= 4 is 16.0 Å². The van der Waals surface area contributed by atoms with Crippen LogP contribution < -0.4 is 4.72 Å². The van der Waals surface area contributed by atoms with Gasteiger partial charge >= 0.3 is 5.97 Å². The molecule has 5 nitrogen and oxygen atoms in total. The van der Waals surface area contributed by atoms with E-state index in [4.69, 9.17) is 5.11 Å². The van der Waals surface area contributed by atoms with E-state index in [1.807, 2.05) is 24.3 Å². The van der Waals surface area contributed by atoms with E-state index in [9.17, 15) is 17.6 Å². The Morgan fingerprint density at radius 3 is 2.38 bits per heavy atom. The summed E-state index contributed by atoms with van der Waals surface area (Å²) in [5, 5.41) is 8.34. The Labute approximate surface area is 139 Å². The topological polar surface area (TPSA) is 83.5 Å². The first-order valence-corrected chi connectivity index (χ1v) is 8.98. The Balaban J connectivity index is 1.73. The van der Waals surface area contributed by atoms with Crippen LogP contribution in [-0.2, 0) is 29.4 Å². The van der Waals surface area contributed by atoms with E-state index in [0.29, 0.717) is 12.8 Å². The van der Waals surface area contributed by atoms with E-state index in [-0.39, 0.29) is 17.7 Å². The van der Waals surface area contributed by atoms with Crippen molar-refractivity contribution in [2.45, 2.75) is 24.6 Å². The van der Waals surface area contributed by atoms with Crippen LogP contribution in [0.4, 0.5) is 4.39 Å². The lowest BCUT2D eigenvalue weighted by molar-refractivity contribution is 0.0696. The van der Waals surface area contributed by atoms with Crippen molar-refractivity contribution in [2.24, 2.45) is 0 Å². The fourth-order valence-corrected chi connectivity index (χ4v) is 4.27. The largest absolute Gasteiger partial charge is 0.478 e. The minimum absolute atomic E-state index is 0.00832. The SMILES string of the molecule is O=C(O)c1ccc(F)c(CNS(=O)(=O)C2Cc3ccccc3C2)c1. The number of carboxylic acids is 1. The fraction of sp³-hybridized carbons (Fsp3) is 0.235. The number of fused-ring (bicyclic) bond motifs is 1. The molecule has 24 heavy (non-hydrogen) atoms. The van der Waals surface area contributed by atoms with Gasteiger partial charge < -0.3 is 5.11 Å². The monoisotopic (exact) mass is 349 g/mol. The second kappa shape index (κ2) is 6.33. The molecule has 0 fully saturated rings. The molecule has 0 saturated heterocycles. The van der Waals surface area contributed by atoms with Crippen molar-refractivity contribution in [1.29, 1.82) is 0 Å². The summed E-state index contributed by atoms with van der Waals surface area (Å²) in [6.45, 7) is -0.276. The molecule has 0 bridgehead atoms. The van der Waals surface area contributed by atoms with Crippen LogP contribution in [0.25, 0.3) is 0 Å². The molecule has 0 radical (unpaired) electrons. The van der Waals surface area contributed by atoms with Crippen LogP contribution in [0, 0.1) is 5.82 Å². The van der Waals surface area contributed by atoms with Crippen LogP contribution >= 0.6 is 0 Å². The quantitative estimate of drug-likeness (QED) is 0.866. The minimum Gasteiger partial charge on any atom is -0.478 e. The van der Waals surface area contributed by atoms with Gasteiger partial charge in [0.1, 0.15) is 5.82 Å². The van der Waals surface area contributed by atoms with Crippen LogP contribution in [0.3, 0.4) is 0 Å². The third-order valence-corrected chi connectivity index (χ3v) is 5.97. The molecule has 0 atom stereocenters. The molecule has 3 rings (SSSR count). The zero-order valence-corrected chi connectivity index (χ0v) is 13.5. The number of carboxylic acid groups (broad SMARTS) is 1. The molecule has 0 heterocycles. The molecule has 2 aromatic carbocycles. The van der Waals surface area contributed by atoms with Crippen molar-refractivity contribution < 1.29 is 22.7 Å². The highest BCUT2D eigenvalue weighted by Gasteiger charge is 2.31. The molecule has 126 valence electrons. The van der Waals surface area contributed by atoms with Gasteiger partial charge in [0.15, 0.2) is 0 Å². The molecule has 1 aliphatic rings. The molecule has 0 saturated carbocycles. The zero-order valence-electron chi connectivity index (χ0n) is 12.7. The van der Waals surface area contributed by atoms with Crippen LogP contribution in [-0.4, -0.2) is 24.7 Å². The number of halogens is 1.